The predicted molar refractivity (Wildman–Crippen MR) is 102 cm³/mol. The zero-order chi connectivity index (χ0) is 18.8. The number of carbonyl (C=O) groups is 1. The Morgan fingerprint density at radius 3 is 2.38 bits per heavy atom. The van der Waals surface area contributed by atoms with Gasteiger partial charge in [-0.1, -0.05) is 12.1 Å². The van der Waals surface area contributed by atoms with E-state index in [2.05, 4.69) is 36.3 Å². The summed E-state index contributed by atoms with van der Waals surface area (Å²) >= 11 is 0. The van der Waals surface area contributed by atoms with Crippen molar-refractivity contribution >= 4 is 22.5 Å². The van der Waals surface area contributed by atoms with Crippen LogP contribution < -0.4 is 5.32 Å². The number of amides is 1. The maximum absolute atomic E-state index is 12.2. The molecule has 6 nitrogen and oxygen atoms in total. The molecule has 1 amide bonds. The molecule has 0 fully saturated rings. The number of aryl methyl sites for hydroxylation is 3. The SMILES string of the molecule is Cc1[nH]c2c(C)ccc(C)c2c1CCNC(=O)c1ccc([N+](=O)[O-])cc1. The first kappa shape index (κ1) is 17.7. The second-order valence-electron chi connectivity index (χ2n) is 6.49. The molecule has 26 heavy (non-hydrogen) atoms. The maximum atomic E-state index is 12.2. The van der Waals surface area contributed by atoms with Gasteiger partial charge in [0.25, 0.3) is 11.6 Å². The minimum Gasteiger partial charge on any atom is -0.358 e. The standard InChI is InChI=1S/C20H21N3O3/c1-12-4-5-13(2)19-18(12)17(14(3)22-19)10-11-21-20(24)15-6-8-16(9-7-15)23(25)26/h4-9,22H,10-11H2,1-3H3,(H,21,24). The van der Waals surface area contributed by atoms with Crippen LogP contribution in [0.3, 0.4) is 0 Å². The van der Waals surface area contributed by atoms with Crippen molar-refractivity contribution in [3.05, 3.63) is 74.5 Å². The number of aromatic nitrogens is 1. The number of hydrogen-bond acceptors (Lipinski definition) is 3. The molecule has 1 aromatic heterocycles. The van der Waals surface area contributed by atoms with Gasteiger partial charge in [-0.25, -0.2) is 0 Å². The van der Waals surface area contributed by atoms with Gasteiger partial charge in [-0.3, -0.25) is 14.9 Å². The van der Waals surface area contributed by atoms with E-state index in [4.69, 9.17) is 0 Å². The predicted octanol–water partition coefficient (Wildman–Crippen LogP) is 3.97. The Labute approximate surface area is 151 Å². The number of fused-ring (bicyclic) bond motifs is 1. The van der Waals surface area contributed by atoms with Crippen LogP contribution in [0, 0.1) is 30.9 Å². The normalized spacial score (nSPS) is 10.9. The zero-order valence-electron chi connectivity index (χ0n) is 15.1. The van der Waals surface area contributed by atoms with Gasteiger partial charge < -0.3 is 10.3 Å². The van der Waals surface area contributed by atoms with E-state index in [0.717, 1.165) is 17.6 Å². The number of nitro groups is 1. The average Bonchev–Trinajstić information content (AvgIpc) is 2.96. The molecular formula is C20H21N3O3. The Kier molecular flexibility index (Phi) is 4.75. The number of nitrogens with one attached hydrogen (secondary N) is 2. The fraction of sp³-hybridized carbons (Fsp3) is 0.250. The van der Waals surface area contributed by atoms with Crippen molar-refractivity contribution in [3.8, 4) is 0 Å². The number of nitro benzene ring substituents is 1. The number of non-ortho nitro benzene ring substituents is 1. The van der Waals surface area contributed by atoms with E-state index in [-0.39, 0.29) is 11.6 Å². The lowest BCUT2D eigenvalue weighted by atomic mass is 10.0. The van der Waals surface area contributed by atoms with Crippen LogP contribution in [0.25, 0.3) is 10.9 Å². The third-order valence-electron chi connectivity index (χ3n) is 4.69. The first-order valence-corrected chi connectivity index (χ1v) is 8.48. The molecule has 0 atom stereocenters. The molecule has 3 aromatic rings. The second kappa shape index (κ2) is 7.00. The molecule has 0 unspecified atom stereocenters. The number of H-pyrrole nitrogens is 1. The minimum absolute atomic E-state index is 0.0261. The van der Waals surface area contributed by atoms with Crippen molar-refractivity contribution in [2.24, 2.45) is 0 Å². The second-order valence-corrected chi connectivity index (χ2v) is 6.49. The van der Waals surface area contributed by atoms with Crippen LogP contribution in [-0.2, 0) is 6.42 Å². The molecule has 0 saturated heterocycles. The molecule has 2 aromatic carbocycles. The first-order chi connectivity index (χ1) is 12.4. The largest absolute Gasteiger partial charge is 0.358 e. The van der Waals surface area contributed by atoms with E-state index in [1.54, 1.807) is 0 Å². The highest BCUT2D eigenvalue weighted by atomic mass is 16.6. The van der Waals surface area contributed by atoms with Crippen molar-refractivity contribution < 1.29 is 9.72 Å². The van der Waals surface area contributed by atoms with Crippen LogP contribution in [0.2, 0.25) is 0 Å². The van der Waals surface area contributed by atoms with E-state index >= 15 is 0 Å². The lowest BCUT2D eigenvalue weighted by molar-refractivity contribution is -0.384. The monoisotopic (exact) mass is 351 g/mol. The summed E-state index contributed by atoms with van der Waals surface area (Å²) in [5, 5.41) is 14.8. The summed E-state index contributed by atoms with van der Waals surface area (Å²) < 4.78 is 0. The number of aromatic amines is 1. The summed E-state index contributed by atoms with van der Waals surface area (Å²) in [6.07, 6.45) is 0.717. The van der Waals surface area contributed by atoms with Gasteiger partial charge in [-0.05, 0) is 56.0 Å². The fourth-order valence-corrected chi connectivity index (χ4v) is 3.26. The Morgan fingerprint density at radius 1 is 1.08 bits per heavy atom. The van der Waals surface area contributed by atoms with E-state index in [1.807, 2.05) is 6.92 Å². The van der Waals surface area contributed by atoms with Crippen molar-refractivity contribution in [1.29, 1.82) is 0 Å². The summed E-state index contributed by atoms with van der Waals surface area (Å²) in [7, 11) is 0. The molecule has 0 saturated carbocycles. The van der Waals surface area contributed by atoms with E-state index < -0.39 is 4.92 Å². The van der Waals surface area contributed by atoms with Gasteiger partial charge in [0, 0.05) is 40.8 Å². The van der Waals surface area contributed by atoms with E-state index in [0.29, 0.717) is 12.1 Å². The van der Waals surface area contributed by atoms with Crippen LogP contribution in [0.4, 0.5) is 5.69 Å². The molecule has 0 bridgehead atoms. The van der Waals surface area contributed by atoms with Crippen molar-refractivity contribution in [2.45, 2.75) is 27.2 Å². The third kappa shape index (κ3) is 3.31. The van der Waals surface area contributed by atoms with Gasteiger partial charge in [0.2, 0.25) is 0 Å². The number of carbonyl (C=O) groups excluding carboxylic acids is 1. The van der Waals surface area contributed by atoms with Gasteiger partial charge >= 0.3 is 0 Å². The Hall–Kier alpha value is -3.15. The van der Waals surface area contributed by atoms with Gasteiger partial charge in [0.05, 0.1) is 4.92 Å². The summed E-state index contributed by atoms with van der Waals surface area (Å²) in [6, 6.07) is 9.84. The summed E-state index contributed by atoms with van der Waals surface area (Å²) in [4.78, 5) is 25.9. The summed E-state index contributed by atoms with van der Waals surface area (Å²) in [5.41, 5.74) is 6.29. The van der Waals surface area contributed by atoms with E-state index in [1.165, 1.54) is 46.3 Å². The summed E-state index contributed by atoms with van der Waals surface area (Å²) in [6.45, 7) is 6.72. The van der Waals surface area contributed by atoms with Crippen LogP contribution in [-0.4, -0.2) is 22.4 Å². The molecule has 2 N–H and O–H groups in total. The van der Waals surface area contributed by atoms with Crippen LogP contribution in [0.15, 0.2) is 36.4 Å². The molecule has 0 radical (unpaired) electrons. The number of hydrogen-bond donors (Lipinski definition) is 2. The lowest BCUT2D eigenvalue weighted by Crippen LogP contribution is -2.25. The zero-order valence-corrected chi connectivity index (χ0v) is 15.1. The lowest BCUT2D eigenvalue weighted by Gasteiger charge is -2.07. The molecule has 0 aliphatic heterocycles. The van der Waals surface area contributed by atoms with Gasteiger partial charge in [-0.2, -0.15) is 0 Å². The molecule has 0 spiro atoms. The topological polar surface area (TPSA) is 88.0 Å². The Bertz CT molecular complexity index is 988. The molecule has 3 rings (SSSR count). The highest BCUT2D eigenvalue weighted by Gasteiger charge is 2.13. The third-order valence-corrected chi connectivity index (χ3v) is 4.69. The molecule has 0 aliphatic carbocycles. The van der Waals surface area contributed by atoms with Crippen LogP contribution in [0.1, 0.15) is 32.7 Å². The smallest absolute Gasteiger partial charge is 0.269 e. The van der Waals surface area contributed by atoms with Crippen molar-refractivity contribution in [2.75, 3.05) is 6.54 Å². The number of benzene rings is 2. The number of nitrogens with zero attached hydrogens (tertiary/aromatic N) is 1. The maximum Gasteiger partial charge on any atom is 0.269 e. The summed E-state index contributed by atoms with van der Waals surface area (Å²) in [5.74, 6) is -0.231. The van der Waals surface area contributed by atoms with Crippen molar-refractivity contribution in [1.82, 2.24) is 10.3 Å². The van der Waals surface area contributed by atoms with Crippen LogP contribution in [0.5, 0.6) is 0 Å². The molecule has 6 heteroatoms. The first-order valence-electron chi connectivity index (χ1n) is 8.48. The number of rotatable bonds is 5. The van der Waals surface area contributed by atoms with E-state index in [9.17, 15) is 14.9 Å². The van der Waals surface area contributed by atoms with Gasteiger partial charge in [0.1, 0.15) is 0 Å². The van der Waals surface area contributed by atoms with Crippen molar-refractivity contribution in [3.63, 3.8) is 0 Å². The quantitative estimate of drug-likeness (QED) is 0.538. The minimum atomic E-state index is -0.480. The van der Waals surface area contributed by atoms with Crippen LogP contribution >= 0.6 is 0 Å². The molecule has 134 valence electrons. The molecule has 1 heterocycles. The molecular weight excluding hydrogens is 330 g/mol. The fourth-order valence-electron chi connectivity index (χ4n) is 3.26. The molecule has 0 aliphatic rings. The Balaban J connectivity index is 1.71. The van der Waals surface area contributed by atoms with Gasteiger partial charge in [-0.15, -0.1) is 0 Å². The highest BCUT2D eigenvalue weighted by molar-refractivity contribution is 5.94. The Morgan fingerprint density at radius 2 is 1.73 bits per heavy atom. The average molecular weight is 351 g/mol. The van der Waals surface area contributed by atoms with Gasteiger partial charge in [0.15, 0.2) is 0 Å². The highest BCUT2D eigenvalue weighted by Crippen LogP contribution is 2.28.